The van der Waals surface area contributed by atoms with Crippen LogP contribution in [0.4, 0.5) is 10.5 Å². The summed E-state index contributed by atoms with van der Waals surface area (Å²) in [6.45, 7) is 4.70. The molecule has 0 aromatic heterocycles. The van der Waals surface area contributed by atoms with Crippen LogP contribution in [0.25, 0.3) is 11.1 Å². The molecule has 1 heterocycles. The van der Waals surface area contributed by atoms with Gasteiger partial charge in [0, 0.05) is 37.3 Å². The largest absolute Gasteiger partial charge is 0.497 e. The van der Waals surface area contributed by atoms with E-state index in [9.17, 15) is 14.7 Å². The maximum absolute atomic E-state index is 13.9. The number of benzene rings is 3. The van der Waals surface area contributed by atoms with Crippen LogP contribution < -0.4 is 10.1 Å². The van der Waals surface area contributed by atoms with Gasteiger partial charge < -0.3 is 29.7 Å². The lowest BCUT2D eigenvalue weighted by Gasteiger charge is -2.35. The van der Waals surface area contributed by atoms with Crippen LogP contribution in [0.15, 0.2) is 72.8 Å². The van der Waals surface area contributed by atoms with Crippen molar-refractivity contribution >= 4 is 17.6 Å². The normalized spacial score (nSPS) is 18.3. The molecule has 3 aromatic rings. The first kappa shape index (κ1) is 28.1. The molecule has 0 saturated carbocycles. The molecule has 4 rings (SSSR count). The third-order valence-electron chi connectivity index (χ3n) is 7.24. The molecule has 3 amide bonds. The Labute approximate surface area is 230 Å². The lowest BCUT2D eigenvalue weighted by Crippen LogP contribution is -2.48. The Morgan fingerprint density at radius 2 is 1.72 bits per heavy atom. The fraction of sp³-hybridized carbons (Fsp3) is 0.355. The minimum absolute atomic E-state index is 0.128. The Bertz CT molecular complexity index is 1280. The van der Waals surface area contributed by atoms with E-state index in [1.807, 2.05) is 62.4 Å². The van der Waals surface area contributed by atoms with E-state index >= 15 is 0 Å². The Hall–Kier alpha value is -3.88. The summed E-state index contributed by atoms with van der Waals surface area (Å²) in [5.41, 5.74) is 3.97. The molecule has 1 aliphatic heterocycles. The van der Waals surface area contributed by atoms with Crippen molar-refractivity contribution in [3.8, 4) is 16.9 Å². The second kappa shape index (κ2) is 12.8. The summed E-state index contributed by atoms with van der Waals surface area (Å²) in [5.74, 6) is 0.441. The van der Waals surface area contributed by atoms with Crippen LogP contribution in [0.1, 0.15) is 29.8 Å². The number of anilines is 1. The number of carbonyl (C=O) groups excluding carboxylic acids is 2. The van der Waals surface area contributed by atoms with Crippen LogP contribution in [0.2, 0.25) is 0 Å². The van der Waals surface area contributed by atoms with Gasteiger partial charge in [-0.05, 0) is 53.9 Å². The molecular weight excluding hydrogens is 494 g/mol. The fourth-order valence-corrected chi connectivity index (χ4v) is 4.80. The Morgan fingerprint density at radius 1 is 1.08 bits per heavy atom. The van der Waals surface area contributed by atoms with Crippen molar-refractivity contribution in [2.45, 2.75) is 32.6 Å². The summed E-state index contributed by atoms with van der Waals surface area (Å²) in [6, 6.07) is 22.0. The lowest BCUT2D eigenvalue weighted by atomic mass is 9.94. The van der Waals surface area contributed by atoms with Crippen LogP contribution in [0.5, 0.6) is 5.75 Å². The highest BCUT2D eigenvalue weighted by atomic mass is 16.5. The number of aliphatic hydroxyl groups is 1. The molecule has 1 aliphatic rings. The first-order valence-corrected chi connectivity index (χ1v) is 13.2. The number of carbonyl (C=O) groups is 2. The molecule has 8 heteroatoms. The van der Waals surface area contributed by atoms with Crippen molar-refractivity contribution in [1.82, 2.24) is 9.80 Å². The Morgan fingerprint density at radius 3 is 2.38 bits per heavy atom. The van der Waals surface area contributed by atoms with E-state index in [0.29, 0.717) is 36.7 Å². The zero-order chi connectivity index (χ0) is 27.9. The minimum Gasteiger partial charge on any atom is -0.497 e. The topological polar surface area (TPSA) is 91.3 Å². The Kier molecular flexibility index (Phi) is 9.22. The molecule has 206 valence electrons. The van der Waals surface area contributed by atoms with Crippen LogP contribution in [-0.2, 0) is 11.3 Å². The van der Waals surface area contributed by atoms with E-state index in [4.69, 9.17) is 9.47 Å². The summed E-state index contributed by atoms with van der Waals surface area (Å²) < 4.78 is 11.7. The van der Waals surface area contributed by atoms with E-state index in [-0.39, 0.29) is 36.6 Å². The zero-order valence-corrected chi connectivity index (χ0v) is 23.0. The monoisotopic (exact) mass is 531 g/mol. The number of nitrogens with one attached hydrogen (secondary N) is 1. The van der Waals surface area contributed by atoms with Crippen LogP contribution in [0.3, 0.4) is 0 Å². The van der Waals surface area contributed by atoms with Gasteiger partial charge >= 0.3 is 6.03 Å². The smallest absolute Gasteiger partial charge is 0.321 e. The maximum Gasteiger partial charge on any atom is 0.321 e. The van der Waals surface area contributed by atoms with Gasteiger partial charge in [-0.3, -0.25) is 4.79 Å². The molecule has 0 spiro atoms. The van der Waals surface area contributed by atoms with Crippen molar-refractivity contribution in [3.05, 3.63) is 83.9 Å². The second-order valence-electron chi connectivity index (χ2n) is 10.1. The maximum atomic E-state index is 13.9. The highest BCUT2D eigenvalue weighted by Gasteiger charge is 2.31. The number of hydrogen-bond donors (Lipinski definition) is 2. The zero-order valence-electron chi connectivity index (χ0n) is 23.0. The summed E-state index contributed by atoms with van der Waals surface area (Å²) in [7, 11) is 3.32. The van der Waals surface area contributed by atoms with Gasteiger partial charge in [-0.25, -0.2) is 4.79 Å². The number of hydrogen-bond acceptors (Lipinski definition) is 5. The van der Waals surface area contributed by atoms with Gasteiger partial charge in [-0.15, -0.1) is 0 Å². The number of urea groups is 1. The first-order chi connectivity index (χ1) is 18.8. The molecule has 2 N–H and O–H groups in total. The van der Waals surface area contributed by atoms with Crippen molar-refractivity contribution in [1.29, 1.82) is 0 Å². The number of likely N-dealkylation sites (N-methyl/N-ethyl adjacent to an activating group) is 1. The third-order valence-corrected chi connectivity index (χ3v) is 7.24. The van der Waals surface area contributed by atoms with Crippen LogP contribution >= 0.6 is 0 Å². The molecule has 0 bridgehead atoms. The van der Waals surface area contributed by atoms with E-state index < -0.39 is 0 Å². The average molecular weight is 532 g/mol. The van der Waals surface area contributed by atoms with Gasteiger partial charge in [0.2, 0.25) is 0 Å². The summed E-state index contributed by atoms with van der Waals surface area (Å²) >= 11 is 0. The average Bonchev–Trinajstić information content (AvgIpc) is 2.98. The van der Waals surface area contributed by atoms with Crippen molar-refractivity contribution in [3.63, 3.8) is 0 Å². The van der Waals surface area contributed by atoms with Crippen molar-refractivity contribution in [2.75, 3.05) is 39.2 Å². The number of nitrogens with zero attached hydrogens (tertiary/aromatic N) is 2. The van der Waals surface area contributed by atoms with E-state index in [2.05, 4.69) is 5.32 Å². The number of ether oxygens (including phenoxy) is 2. The van der Waals surface area contributed by atoms with Gasteiger partial charge in [-0.2, -0.15) is 0 Å². The highest BCUT2D eigenvalue weighted by molar-refractivity contribution is 6.01. The SMILES string of the molecule is COc1ccc(NC(=O)N(C)C[C@H]2OCc3ccccc3-c3ccccc3C(=O)N([C@H](C)CO)C[C@H]2C)cc1. The molecule has 0 saturated heterocycles. The van der Waals surface area contributed by atoms with Crippen LogP contribution in [-0.4, -0.2) is 72.8 Å². The number of fused-ring (bicyclic) bond motifs is 3. The molecule has 0 radical (unpaired) electrons. The van der Waals surface area contributed by atoms with Gasteiger partial charge in [0.05, 0.1) is 32.5 Å². The molecule has 0 fully saturated rings. The van der Waals surface area contributed by atoms with Gasteiger partial charge in [0.15, 0.2) is 0 Å². The summed E-state index contributed by atoms with van der Waals surface area (Å²) in [5, 5.41) is 12.9. The van der Waals surface area contributed by atoms with Gasteiger partial charge in [-0.1, -0.05) is 49.4 Å². The summed E-state index contributed by atoms with van der Waals surface area (Å²) in [6.07, 6.45) is -0.368. The third kappa shape index (κ3) is 6.58. The molecule has 39 heavy (non-hydrogen) atoms. The Balaban J connectivity index is 1.62. The van der Waals surface area contributed by atoms with E-state index in [0.717, 1.165) is 16.7 Å². The second-order valence-corrected chi connectivity index (χ2v) is 10.1. The molecule has 0 aliphatic carbocycles. The van der Waals surface area contributed by atoms with Crippen molar-refractivity contribution in [2.24, 2.45) is 5.92 Å². The predicted octanol–water partition coefficient (Wildman–Crippen LogP) is 4.88. The van der Waals surface area contributed by atoms with Gasteiger partial charge in [0.1, 0.15) is 5.75 Å². The minimum atomic E-state index is -0.388. The van der Waals surface area contributed by atoms with Gasteiger partial charge in [0.25, 0.3) is 5.91 Å². The molecule has 0 unspecified atom stereocenters. The van der Waals surface area contributed by atoms with Crippen LogP contribution in [0, 0.1) is 5.92 Å². The molecule has 8 nitrogen and oxygen atoms in total. The molecular formula is C31H37N3O5. The first-order valence-electron chi connectivity index (χ1n) is 13.2. The number of aliphatic hydroxyl groups excluding tert-OH is 1. The number of rotatable bonds is 6. The molecule has 3 atom stereocenters. The predicted molar refractivity (Wildman–Crippen MR) is 152 cm³/mol. The fourth-order valence-electron chi connectivity index (χ4n) is 4.80. The van der Waals surface area contributed by atoms with E-state index in [1.165, 1.54) is 0 Å². The highest BCUT2D eigenvalue weighted by Crippen LogP contribution is 2.31. The number of methoxy groups -OCH3 is 1. The standard InChI is InChI=1S/C31H37N3O5/c1-21-17-34(22(2)19-35)30(36)28-12-8-7-11-27(28)26-10-6-5-9-23(26)20-39-29(21)18-33(3)31(37)32-24-13-15-25(38-4)16-14-24/h5-16,21-22,29,35H,17-20H2,1-4H3,(H,32,37)/t21-,22-,29-/m1/s1. The quantitative estimate of drug-likeness (QED) is 0.473. The molecule has 3 aromatic carbocycles. The number of amides is 3. The van der Waals surface area contributed by atoms with Crippen molar-refractivity contribution < 1.29 is 24.2 Å². The lowest BCUT2D eigenvalue weighted by molar-refractivity contribution is -0.0178. The summed E-state index contributed by atoms with van der Waals surface area (Å²) in [4.78, 5) is 30.2. The van der Waals surface area contributed by atoms with E-state index in [1.54, 1.807) is 48.2 Å².